The van der Waals surface area contributed by atoms with Crippen LogP contribution in [0.25, 0.3) is 5.13 Å². The summed E-state index contributed by atoms with van der Waals surface area (Å²) in [5.74, 6) is 0. The predicted molar refractivity (Wildman–Crippen MR) is 58.5 cm³/mol. The van der Waals surface area contributed by atoms with Crippen LogP contribution in [0.3, 0.4) is 0 Å². The van der Waals surface area contributed by atoms with Crippen molar-refractivity contribution in [2.24, 2.45) is 0 Å². The zero-order chi connectivity index (χ0) is 10.3. The van der Waals surface area contributed by atoms with Crippen LogP contribution in [0.4, 0.5) is 0 Å². The zero-order valence-electron chi connectivity index (χ0n) is 8.21. The minimum Gasteiger partial charge on any atom is -0.210 e. The zero-order valence-corrected chi connectivity index (χ0v) is 9.78. The van der Waals surface area contributed by atoms with Gasteiger partial charge >= 0.3 is 0 Å². The second-order valence-corrected chi connectivity index (χ2v) is 4.38. The van der Waals surface area contributed by atoms with E-state index in [1.165, 1.54) is 16.9 Å². The average Bonchev–Trinajstić information content (AvgIpc) is 2.66. The molecule has 0 aromatic carbocycles. The van der Waals surface area contributed by atoms with Gasteiger partial charge in [-0.2, -0.15) is 5.10 Å². The Kier molecular flexibility index (Phi) is 2.33. The molecular formula is C9H10ClN3S. The summed E-state index contributed by atoms with van der Waals surface area (Å²) in [6, 6.07) is 0. The van der Waals surface area contributed by atoms with Gasteiger partial charge in [0, 0.05) is 11.1 Å². The SMILES string of the molecule is Cc1nn(-c2nc(Cl)cs2)c(C)c1C. The highest BCUT2D eigenvalue weighted by molar-refractivity contribution is 7.12. The van der Waals surface area contributed by atoms with Gasteiger partial charge in [0.15, 0.2) is 0 Å². The molecule has 5 heteroatoms. The number of nitrogens with zero attached hydrogens (tertiary/aromatic N) is 3. The first-order valence-corrected chi connectivity index (χ1v) is 5.49. The highest BCUT2D eigenvalue weighted by Crippen LogP contribution is 2.21. The van der Waals surface area contributed by atoms with Crippen molar-refractivity contribution in [2.75, 3.05) is 0 Å². The van der Waals surface area contributed by atoms with E-state index in [-0.39, 0.29) is 0 Å². The van der Waals surface area contributed by atoms with Crippen LogP contribution in [0.2, 0.25) is 5.15 Å². The Bertz CT molecular complexity index is 472. The minimum absolute atomic E-state index is 0.523. The van der Waals surface area contributed by atoms with E-state index in [2.05, 4.69) is 17.0 Å². The molecule has 0 saturated carbocycles. The van der Waals surface area contributed by atoms with Gasteiger partial charge in [0.25, 0.3) is 0 Å². The van der Waals surface area contributed by atoms with Gasteiger partial charge in [-0.05, 0) is 26.3 Å². The largest absolute Gasteiger partial charge is 0.211 e. The first-order valence-electron chi connectivity index (χ1n) is 4.24. The monoisotopic (exact) mass is 227 g/mol. The maximum Gasteiger partial charge on any atom is 0.211 e. The van der Waals surface area contributed by atoms with Gasteiger partial charge in [0.2, 0.25) is 5.13 Å². The Morgan fingerprint density at radius 2 is 2.07 bits per heavy atom. The van der Waals surface area contributed by atoms with Crippen molar-refractivity contribution >= 4 is 22.9 Å². The van der Waals surface area contributed by atoms with Crippen LogP contribution in [-0.4, -0.2) is 14.8 Å². The predicted octanol–water partition coefficient (Wildman–Crippen LogP) is 2.91. The molecule has 2 rings (SSSR count). The lowest BCUT2D eigenvalue weighted by Crippen LogP contribution is -1.98. The Balaban J connectivity index is 2.57. The van der Waals surface area contributed by atoms with Crippen LogP contribution in [0.1, 0.15) is 17.0 Å². The molecule has 0 aliphatic rings. The van der Waals surface area contributed by atoms with Crippen molar-refractivity contribution in [1.29, 1.82) is 0 Å². The number of aryl methyl sites for hydroxylation is 1. The summed E-state index contributed by atoms with van der Waals surface area (Å²) in [5, 5.41) is 7.55. The van der Waals surface area contributed by atoms with Crippen molar-refractivity contribution in [3.63, 3.8) is 0 Å². The Morgan fingerprint density at radius 3 is 2.50 bits per heavy atom. The standard InChI is InChI=1S/C9H10ClN3S/c1-5-6(2)12-13(7(5)3)9-11-8(10)4-14-9/h4H,1-3H3. The minimum atomic E-state index is 0.523. The molecule has 0 fully saturated rings. The van der Waals surface area contributed by atoms with Crippen LogP contribution >= 0.6 is 22.9 Å². The highest BCUT2D eigenvalue weighted by atomic mass is 35.5. The highest BCUT2D eigenvalue weighted by Gasteiger charge is 2.11. The summed E-state index contributed by atoms with van der Waals surface area (Å²) in [6.07, 6.45) is 0. The number of rotatable bonds is 1. The third-order valence-electron chi connectivity index (χ3n) is 2.30. The number of hydrogen-bond acceptors (Lipinski definition) is 3. The Labute approximate surface area is 91.4 Å². The van der Waals surface area contributed by atoms with Gasteiger partial charge in [-0.3, -0.25) is 0 Å². The lowest BCUT2D eigenvalue weighted by Gasteiger charge is -1.97. The van der Waals surface area contributed by atoms with E-state index in [9.17, 15) is 0 Å². The van der Waals surface area contributed by atoms with Gasteiger partial charge in [-0.15, -0.1) is 11.3 Å². The number of aromatic nitrogens is 3. The molecule has 0 aliphatic carbocycles. The molecule has 74 valence electrons. The van der Waals surface area contributed by atoms with E-state index in [1.807, 2.05) is 23.9 Å². The maximum atomic E-state index is 5.77. The van der Waals surface area contributed by atoms with Gasteiger partial charge in [0.05, 0.1) is 5.69 Å². The first kappa shape index (κ1) is 9.68. The number of hydrogen-bond donors (Lipinski definition) is 0. The molecule has 0 atom stereocenters. The van der Waals surface area contributed by atoms with Crippen LogP contribution in [0.15, 0.2) is 5.38 Å². The lowest BCUT2D eigenvalue weighted by molar-refractivity contribution is 0.825. The molecular weight excluding hydrogens is 218 g/mol. The fraction of sp³-hybridized carbons (Fsp3) is 0.333. The smallest absolute Gasteiger partial charge is 0.210 e. The van der Waals surface area contributed by atoms with Gasteiger partial charge in [-0.25, -0.2) is 9.67 Å². The van der Waals surface area contributed by atoms with Crippen molar-refractivity contribution in [2.45, 2.75) is 20.8 Å². The summed E-state index contributed by atoms with van der Waals surface area (Å²) >= 11 is 7.26. The van der Waals surface area contributed by atoms with Gasteiger partial charge < -0.3 is 0 Å². The second-order valence-electron chi connectivity index (χ2n) is 3.16. The van der Waals surface area contributed by atoms with Gasteiger partial charge in [-0.1, -0.05) is 11.6 Å². The fourth-order valence-corrected chi connectivity index (χ4v) is 2.20. The lowest BCUT2D eigenvalue weighted by atomic mass is 10.2. The molecule has 0 unspecified atom stereocenters. The molecule has 2 aromatic heterocycles. The molecule has 0 spiro atoms. The third kappa shape index (κ3) is 1.44. The summed E-state index contributed by atoms with van der Waals surface area (Å²) < 4.78 is 1.83. The number of halogens is 1. The van der Waals surface area contributed by atoms with Crippen molar-refractivity contribution < 1.29 is 0 Å². The van der Waals surface area contributed by atoms with E-state index < -0.39 is 0 Å². The molecule has 3 nitrogen and oxygen atoms in total. The normalized spacial score (nSPS) is 10.9. The molecule has 0 N–H and O–H groups in total. The first-order chi connectivity index (χ1) is 6.59. The summed E-state index contributed by atoms with van der Waals surface area (Å²) in [7, 11) is 0. The second kappa shape index (κ2) is 3.37. The Hall–Kier alpha value is -0.870. The molecule has 0 aliphatic heterocycles. The average molecular weight is 228 g/mol. The summed E-state index contributed by atoms with van der Waals surface area (Å²) in [5.41, 5.74) is 3.36. The van der Waals surface area contributed by atoms with Crippen LogP contribution in [0, 0.1) is 20.8 Å². The van der Waals surface area contributed by atoms with Crippen molar-refractivity contribution in [1.82, 2.24) is 14.8 Å². The van der Waals surface area contributed by atoms with Crippen LogP contribution in [-0.2, 0) is 0 Å². The maximum absolute atomic E-state index is 5.77. The van der Waals surface area contributed by atoms with E-state index in [1.54, 1.807) is 0 Å². The topological polar surface area (TPSA) is 30.7 Å². The molecule has 0 amide bonds. The molecule has 0 bridgehead atoms. The van der Waals surface area contributed by atoms with E-state index in [0.29, 0.717) is 5.15 Å². The van der Waals surface area contributed by atoms with E-state index in [0.717, 1.165) is 16.5 Å². The van der Waals surface area contributed by atoms with Crippen molar-refractivity contribution in [3.05, 3.63) is 27.5 Å². The summed E-state index contributed by atoms with van der Waals surface area (Å²) in [6.45, 7) is 6.09. The third-order valence-corrected chi connectivity index (χ3v) is 3.44. The molecule has 0 saturated heterocycles. The molecule has 14 heavy (non-hydrogen) atoms. The number of thiazole rings is 1. The van der Waals surface area contributed by atoms with E-state index in [4.69, 9.17) is 11.6 Å². The molecule has 2 heterocycles. The fourth-order valence-electron chi connectivity index (χ4n) is 1.25. The molecule has 2 aromatic rings. The molecule has 0 radical (unpaired) electrons. The van der Waals surface area contributed by atoms with Crippen molar-refractivity contribution in [3.8, 4) is 5.13 Å². The Morgan fingerprint density at radius 1 is 1.36 bits per heavy atom. The summed E-state index contributed by atoms with van der Waals surface area (Å²) in [4.78, 5) is 4.18. The van der Waals surface area contributed by atoms with Crippen LogP contribution < -0.4 is 0 Å². The van der Waals surface area contributed by atoms with Gasteiger partial charge in [0.1, 0.15) is 5.15 Å². The van der Waals surface area contributed by atoms with Crippen LogP contribution in [0.5, 0.6) is 0 Å². The quantitative estimate of drug-likeness (QED) is 0.750. The van der Waals surface area contributed by atoms with E-state index >= 15 is 0 Å².